The number of hydrogen-bond acceptors (Lipinski definition) is 5. The molecule has 6 rings (SSSR count). The first-order chi connectivity index (χ1) is 14.8. The lowest BCUT2D eigenvalue weighted by Gasteiger charge is -2.55. The maximum atomic E-state index is 13.0. The highest BCUT2D eigenvalue weighted by molar-refractivity contribution is 6.39. The molecule has 0 saturated heterocycles. The van der Waals surface area contributed by atoms with Gasteiger partial charge in [-0.1, -0.05) is 23.2 Å². The van der Waals surface area contributed by atoms with Crippen molar-refractivity contribution < 1.29 is 19.1 Å². The second-order valence-electron chi connectivity index (χ2n) is 9.59. The lowest BCUT2D eigenvalue weighted by molar-refractivity contribution is -0.158. The molecule has 2 aromatic rings. The van der Waals surface area contributed by atoms with Gasteiger partial charge >= 0.3 is 5.97 Å². The smallest absolute Gasteiger partial charge is 0.344 e. The molecule has 7 heteroatoms. The van der Waals surface area contributed by atoms with Gasteiger partial charge in [0.15, 0.2) is 24.7 Å². The van der Waals surface area contributed by atoms with Crippen molar-refractivity contribution in [3.05, 3.63) is 33.9 Å². The third-order valence-corrected chi connectivity index (χ3v) is 7.90. The van der Waals surface area contributed by atoms with Crippen molar-refractivity contribution >= 4 is 45.9 Å². The fraction of sp³-hybridized carbons (Fsp3) is 0.542. The number of aromatic nitrogens is 1. The monoisotopic (exact) mass is 461 g/mol. The predicted molar refractivity (Wildman–Crippen MR) is 119 cm³/mol. The number of ketones is 1. The van der Waals surface area contributed by atoms with E-state index in [0.29, 0.717) is 33.7 Å². The average molecular weight is 462 g/mol. The van der Waals surface area contributed by atoms with Gasteiger partial charge in [0.1, 0.15) is 5.52 Å². The molecular weight excluding hydrogens is 437 g/mol. The van der Waals surface area contributed by atoms with Crippen LogP contribution in [0, 0.1) is 30.1 Å². The number of ether oxygens (including phenoxy) is 2. The summed E-state index contributed by atoms with van der Waals surface area (Å²) >= 11 is 12.5. The number of hydrogen-bond donors (Lipinski definition) is 0. The van der Waals surface area contributed by atoms with Crippen LogP contribution in [0.25, 0.3) is 10.9 Å². The summed E-state index contributed by atoms with van der Waals surface area (Å²) < 4.78 is 11.0. The van der Waals surface area contributed by atoms with Gasteiger partial charge in [0.2, 0.25) is 0 Å². The molecule has 4 saturated carbocycles. The van der Waals surface area contributed by atoms with E-state index in [1.54, 1.807) is 6.07 Å². The van der Waals surface area contributed by atoms with Crippen LogP contribution in [-0.2, 0) is 14.3 Å². The summed E-state index contributed by atoms with van der Waals surface area (Å²) in [7, 11) is 0. The zero-order chi connectivity index (χ0) is 21.8. The standard InChI is InChI=1S/C24H25Cl2NO4/c1-13-2-3-17-18(25)7-19(26)23(22(17)27-13)31-12-21(29)30-11-20(28)24-8-14-4-15(9-24)6-16(5-14)10-24/h2-3,7,14-16H,4-6,8-12H2,1H3. The molecule has 0 unspecified atom stereocenters. The highest BCUT2D eigenvalue weighted by Crippen LogP contribution is 2.60. The van der Waals surface area contributed by atoms with Gasteiger partial charge in [-0.05, 0) is 81.4 Å². The predicted octanol–water partition coefficient (Wildman–Crippen LogP) is 5.56. The summed E-state index contributed by atoms with van der Waals surface area (Å²) in [4.78, 5) is 29.8. The van der Waals surface area contributed by atoms with Gasteiger partial charge in [0, 0.05) is 16.5 Å². The summed E-state index contributed by atoms with van der Waals surface area (Å²) in [5.41, 5.74) is 1.00. The topological polar surface area (TPSA) is 65.5 Å². The van der Waals surface area contributed by atoms with Crippen LogP contribution in [0.3, 0.4) is 0 Å². The van der Waals surface area contributed by atoms with Crippen LogP contribution in [-0.4, -0.2) is 30.0 Å². The molecule has 164 valence electrons. The molecule has 0 radical (unpaired) electrons. The number of fused-ring (bicyclic) bond motifs is 1. The van der Waals surface area contributed by atoms with Crippen molar-refractivity contribution in [1.29, 1.82) is 0 Å². The summed E-state index contributed by atoms with van der Waals surface area (Å²) in [6, 6.07) is 5.25. The molecule has 1 aromatic carbocycles. The lowest BCUT2D eigenvalue weighted by Crippen LogP contribution is -2.51. The molecule has 4 fully saturated rings. The molecule has 4 aliphatic carbocycles. The molecule has 4 bridgehead atoms. The number of nitrogens with zero attached hydrogens (tertiary/aromatic N) is 1. The number of pyridine rings is 1. The van der Waals surface area contributed by atoms with E-state index in [1.165, 1.54) is 19.3 Å². The van der Waals surface area contributed by atoms with Crippen molar-refractivity contribution in [2.75, 3.05) is 13.2 Å². The normalized spacial score (nSPS) is 28.7. The Balaban J connectivity index is 1.22. The number of halogens is 2. The Hall–Kier alpha value is -1.85. The summed E-state index contributed by atoms with van der Waals surface area (Å²) in [5, 5.41) is 1.42. The molecule has 0 amide bonds. The average Bonchev–Trinajstić information content (AvgIpc) is 2.70. The third kappa shape index (κ3) is 3.91. The van der Waals surface area contributed by atoms with Gasteiger partial charge in [0.25, 0.3) is 0 Å². The molecule has 0 spiro atoms. The van der Waals surface area contributed by atoms with E-state index < -0.39 is 5.97 Å². The maximum Gasteiger partial charge on any atom is 0.344 e. The minimum atomic E-state index is -0.593. The van der Waals surface area contributed by atoms with Gasteiger partial charge in [-0.25, -0.2) is 9.78 Å². The van der Waals surface area contributed by atoms with Crippen molar-refractivity contribution in [2.24, 2.45) is 23.2 Å². The highest BCUT2D eigenvalue weighted by Gasteiger charge is 2.54. The molecule has 0 atom stereocenters. The zero-order valence-corrected chi connectivity index (χ0v) is 19.0. The molecule has 1 aromatic heterocycles. The number of benzene rings is 1. The Labute approximate surface area is 191 Å². The SMILES string of the molecule is Cc1ccc2c(Cl)cc(Cl)c(OCC(=O)OCC(=O)C34CC5CC(CC(C5)C3)C4)c2n1. The minimum absolute atomic E-state index is 0.0761. The quantitative estimate of drug-likeness (QED) is 0.526. The van der Waals surface area contributed by atoms with Crippen LogP contribution in [0.5, 0.6) is 5.75 Å². The fourth-order valence-corrected chi connectivity index (χ4v) is 6.92. The van der Waals surface area contributed by atoms with Crippen molar-refractivity contribution in [2.45, 2.75) is 45.4 Å². The zero-order valence-electron chi connectivity index (χ0n) is 17.5. The summed E-state index contributed by atoms with van der Waals surface area (Å²) in [6.07, 6.45) is 6.69. The van der Waals surface area contributed by atoms with Gasteiger partial charge in [-0.3, -0.25) is 4.79 Å². The van der Waals surface area contributed by atoms with Crippen LogP contribution in [0.4, 0.5) is 0 Å². The summed E-state index contributed by atoms with van der Waals surface area (Å²) in [6.45, 7) is 1.32. The number of Topliss-reactive ketones (excluding diaryl/α,β-unsaturated/α-hetero) is 1. The summed E-state index contributed by atoms with van der Waals surface area (Å²) in [5.74, 6) is 1.78. The first kappa shape index (κ1) is 21.0. The van der Waals surface area contributed by atoms with E-state index in [1.807, 2.05) is 19.1 Å². The van der Waals surface area contributed by atoms with Gasteiger partial charge < -0.3 is 9.47 Å². The van der Waals surface area contributed by atoms with Crippen LogP contribution in [0.15, 0.2) is 18.2 Å². The molecule has 0 N–H and O–H groups in total. The first-order valence-corrected chi connectivity index (χ1v) is 11.7. The Morgan fingerprint density at radius 3 is 2.32 bits per heavy atom. The fourth-order valence-electron chi connectivity index (χ4n) is 6.35. The molecule has 31 heavy (non-hydrogen) atoms. The van der Waals surface area contributed by atoms with Crippen molar-refractivity contribution in [3.8, 4) is 5.75 Å². The van der Waals surface area contributed by atoms with Crippen molar-refractivity contribution in [1.82, 2.24) is 4.98 Å². The van der Waals surface area contributed by atoms with E-state index in [2.05, 4.69) is 4.98 Å². The third-order valence-electron chi connectivity index (χ3n) is 7.31. The van der Waals surface area contributed by atoms with E-state index in [4.69, 9.17) is 32.7 Å². The maximum absolute atomic E-state index is 13.0. The highest BCUT2D eigenvalue weighted by atomic mass is 35.5. The molecule has 0 aliphatic heterocycles. The van der Waals surface area contributed by atoms with Gasteiger partial charge in [0.05, 0.1) is 10.0 Å². The number of rotatable bonds is 6. The number of esters is 1. The van der Waals surface area contributed by atoms with Crippen LogP contribution in [0.1, 0.15) is 44.2 Å². The second kappa shape index (κ2) is 7.93. The van der Waals surface area contributed by atoms with Crippen LogP contribution >= 0.6 is 23.2 Å². The second-order valence-corrected chi connectivity index (χ2v) is 10.4. The molecule has 1 heterocycles. The van der Waals surface area contributed by atoms with E-state index in [0.717, 1.165) is 25.0 Å². The number of carbonyl (C=O) groups is 2. The van der Waals surface area contributed by atoms with Gasteiger partial charge in [-0.2, -0.15) is 0 Å². The Kier molecular flexibility index (Phi) is 5.38. The van der Waals surface area contributed by atoms with E-state index in [-0.39, 0.29) is 35.2 Å². The van der Waals surface area contributed by atoms with Crippen molar-refractivity contribution in [3.63, 3.8) is 0 Å². The Morgan fingerprint density at radius 2 is 1.68 bits per heavy atom. The van der Waals surface area contributed by atoms with Crippen LogP contribution in [0.2, 0.25) is 10.0 Å². The van der Waals surface area contributed by atoms with E-state index in [9.17, 15) is 9.59 Å². The first-order valence-electron chi connectivity index (χ1n) is 10.9. The lowest BCUT2D eigenvalue weighted by atomic mass is 9.48. The van der Waals surface area contributed by atoms with Gasteiger partial charge in [-0.15, -0.1) is 0 Å². The minimum Gasteiger partial charge on any atom is -0.478 e. The molecule has 4 aliphatic rings. The molecule has 5 nitrogen and oxygen atoms in total. The van der Waals surface area contributed by atoms with Crippen LogP contribution < -0.4 is 4.74 Å². The largest absolute Gasteiger partial charge is 0.478 e. The number of carbonyl (C=O) groups excluding carboxylic acids is 2. The Morgan fingerprint density at radius 1 is 1.03 bits per heavy atom. The Bertz CT molecular complexity index is 1030. The van der Waals surface area contributed by atoms with E-state index >= 15 is 0 Å². The number of aryl methyl sites for hydroxylation is 1. The molecular formula is C24H25Cl2NO4.